The lowest BCUT2D eigenvalue weighted by Crippen LogP contribution is -2.53. The molecular weight excluding hydrogens is 160 g/mol. The average molecular weight is 184 g/mol. The Kier molecular flexibility index (Phi) is 3.36. The van der Waals surface area contributed by atoms with E-state index in [9.17, 15) is 0 Å². The van der Waals surface area contributed by atoms with Crippen LogP contribution in [0.5, 0.6) is 0 Å². The lowest BCUT2D eigenvalue weighted by atomic mass is 9.74. The third-order valence-corrected chi connectivity index (χ3v) is 3.48. The number of nitrogens with one attached hydrogen (secondary N) is 1. The van der Waals surface area contributed by atoms with Gasteiger partial charge >= 0.3 is 0 Å². The fraction of sp³-hybridized carbons (Fsp3) is 1.00. The van der Waals surface area contributed by atoms with Crippen LogP contribution >= 0.6 is 0 Å². The Morgan fingerprint density at radius 2 is 2.00 bits per heavy atom. The van der Waals surface area contributed by atoms with E-state index in [1.165, 1.54) is 25.7 Å². The first kappa shape index (κ1) is 11.0. The number of hydrogen-bond donors (Lipinski definition) is 2. The molecule has 13 heavy (non-hydrogen) atoms. The first-order valence-corrected chi connectivity index (χ1v) is 5.49. The number of rotatable bonds is 5. The van der Waals surface area contributed by atoms with Gasteiger partial charge in [-0.2, -0.15) is 0 Å². The molecule has 0 radical (unpaired) electrons. The standard InChI is InChI=1S/C11H24N2/c1-4-11(6-5-7-11)13-9-10(2,3)8-12/h13H,4-9,12H2,1-3H3. The van der Waals surface area contributed by atoms with Gasteiger partial charge in [-0.05, 0) is 37.6 Å². The van der Waals surface area contributed by atoms with E-state index < -0.39 is 0 Å². The van der Waals surface area contributed by atoms with Crippen molar-refractivity contribution in [1.82, 2.24) is 5.32 Å². The SMILES string of the molecule is CCC1(NCC(C)(C)CN)CCC1. The summed E-state index contributed by atoms with van der Waals surface area (Å²) in [7, 11) is 0. The van der Waals surface area contributed by atoms with Crippen LogP contribution in [-0.4, -0.2) is 18.6 Å². The second-order valence-corrected chi connectivity index (χ2v) is 5.21. The van der Waals surface area contributed by atoms with Crippen LogP contribution in [0.25, 0.3) is 0 Å². The summed E-state index contributed by atoms with van der Waals surface area (Å²) in [6.07, 6.45) is 5.35. The molecule has 0 heterocycles. The molecule has 0 aromatic rings. The Balaban J connectivity index is 2.32. The second kappa shape index (κ2) is 3.97. The van der Waals surface area contributed by atoms with Crippen LogP contribution in [0.2, 0.25) is 0 Å². The van der Waals surface area contributed by atoms with Gasteiger partial charge in [-0.15, -0.1) is 0 Å². The van der Waals surface area contributed by atoms with E-state index in [4.69, 9.17) is 5.73 Å². The zero-order valence-corrected chi connectivity index (χ0v) is 9.32. The van der Waals surface area contributed by atoms with Gasteiger partial charge in [0.25, 0.3) is 0 Å². The molecular formula is C11H24N2. The summed E-state index contributed by atoms with van der Waals surface area (Å²) in [5.41, 5.74) is 6.41. The first-order valence-electron chi connectivity index (χ1n) is 5.49. The molecule has 1 saturated carbocycles. The summed E-state index contributed by atoms with van der Waals surface area (Å²) in [5.74, 6) is 0. The molecule has 0 unspecified atom stereocenters. The van der Waals surface area contributed by atoms with Gasteiger partial charge in [0.15, 0.2) is 0 Å². The van der Waals surface area contributed by atoms with Crippen LogP contribution < -0.4 is 11.1 Å². The summed E-state index contributed by atoms with van der Waals surface area (Å²) in [6, 6.07) is 0. The maximum absolute atomic E-state index is 5.70. The zero-order chi connectivity index (χ0) is 9.95. The lowest BCUT2D eigenvalue weighted by molar-refractivity contribution is 0.154. The quantitative estimate of drug-likeness (QED) is 0.685. The molecule has 2 heteroatoms. The highest BCUT2D eigenvalue weighted by Crippen LogP contribution is 2.35. The molecule has 0 saturated heterocycles. The predicted octanol–water partition coefficient (Wildman–Crippen LogP) is 1.89. The highest BCUT2D eigenvalue weighted by atomic mass is 15.0. The molecule has 0 spiro atoms. The molecule has 0 aliphatic heterocycles. The van der Waals surface area contributed by atoms with Crippen LogP contribution in [0.3, 0.4) is 0 Å². The van der Waals surface area contributed by atoms with Gasteiger partial charge in [-0.25, -0.2) is 0 Å². The van der Waals surface area contributed by atoms with Gasteiger partial charge in [-0.3, -0.25) is 0 Å². The van der Waals surface area contributed by atoms with Crippen molar-refractivity contribution in [3.8, 4) is 0 Å². The normalized spacial score (nSPS) is 21.2. The van der Waals surface area contributed by atoms with Crippen molar-refractivity contribution in [2.24, 2.45) is 11.1 Å². The van der Waals surface area contributed by atoms with Gasteiger partial charge in [0, 0.05) is 12.1 Å². The van der Waals surface area contributed by atoms with Crippen molar-refractivity contribution in [3.05, 3.63) is 0 Å². The highest BCUT2D eigenvalue weighted by Gasteiger charge is 2.35. The van der Waals surface area contributed by atoms with Crippen LogP contribution in [0, 0.1) is 5.41 Å². The molecule has 1 aliphatic carbocycles. The first-order chi connectivity index (χ1) is 6.04. The molecule has 0 aromatic heterocycles. The van der Waals surface area contributed by atoms with E-state index in [2.05, 4.69) is 26.1 Å². The third kappa shape index (κ3) is 2.68. The molecule has 3 N–H and O–H groups in total. The predicted molar refractivity (Wildman–Crippen MR) is 57.7 cm³/mol. The Labute approximate surface area is 82.3 Å². The Morgan fingerprint density at radius 3 is 2.31 bits per heavy atom. The summed E-state index contributed by atoms with van der Waals surface area (Å²) < 4.78 is 0. The number of nitrogens with two attached hydrogens (primary N) is 1. The molecule has 1 aliphatic rings. The van der Waals surface area contributed by atoms with Crippen LogP contribution in [0.15, 0.2) is 0 Å². The van der Waals surface area contributed by atoms with E-state index in [1.54, 1.807) is 0 Å². The molecule has 1 rings (SSSR count). The van der Waals surface area contributed by atoms with Crippen molar-refractivity contribution >= 4 is 0 Å². The lowest BCUT2D eigenvalue weighted by Gasteiger charge is -2.44. The summed E-state index contributed by atoms with van der Waals surface area (Å²) in [5, 5.41) is 3.69. The van der Waals surface area contributed by atoms with Crippen LogP contribution in [-0.2, 0) is 0 Å². The maximum Gasteiger partial charge on any atom is 0.0179 e. The van der Waals surface area contributed by atoms with Crippen LogP contribution in [0.4, 0.5) is 0 Å². The Bertz CT molecular complexity index is 154. The average Bonchev–Trinajstić information content (AvgIpc) is 2.03. The molecule has 0 aromatic carbocycles. The van der Waals surface area contributed by atoms with Gasteiger partial charge in [0.05, 0.1) is 0 Å². The minimum absolute atomic E-state index is 0.248. The van der Waals surface area contributed by atoms with Gasteiger partial charge in [0.2, 0.25) is 0 Å². The van der Waals surface area contributed by atoms with E-state index >= 15 is 0 Å². The second-order valence-electron chi connectivity index (χ2n) is 5.21. The summed E-state index contributed by atoms with van der Waals surface area (Å²) in [4.78, 5) is 0. The Hall–Kier alpha value is -0.0800. The van der Waals surface area contributed by atoms with Crippen molar-refractivity contribution in [2.45, 2.75) is 52.0 Å². The van der Waals surface area contributed by atoms with E-state index in [0.29, 0.717) is 5.54 Å². The van der Waals surface area contributed by atoms with Crippen LogP contribution in [0.1, 0.15) is 46.5 Å². The minimum atomic E-state index is 0.248. The van der Waals surface area contributed by atoms with E-state index in [-0.39, 0.29) is 5.41 Å². The van der Waals surface area contributed by atoms with Gasteiger partial charge in [-0.1, -0.05) is 20.8 Å². The van der Waals surface area contributed by atoms with Gasteiger partial charge < -0.3 is 11.1 Å². The smallest absolute Gasteiger partial charge is 0.0179 e. The molecule has 0 atom stereocenters. The Morgan fingerprint density at radius 1 is 1.38 bits per heavy atom. The summed E-state index contributed by atoms with van der Waals surface area (Å²) >= 11 is 0. The zero-order valence-electron chi connectivity index (χ0n) is 9.32. The van der Waals surface area contributed by atoms with Crippen molar-refractivity contribution in [2.75, 3.05) is 13.1 Å². The topological polar surface area (TPSA) is 38.0 Å². The molecule has 0 amide bonds. The summed E-state index contributed by atoms with van der Waals surface area (Å²) in [6.45, 7) is 8.54. The van der Waals surface area contributed by atoms with Crippen molar-refractivity contribution < 1.29 is 0 Å². The highest BCUT2D eigenvalue weighted by molar-refractivity contribution is 4.95. The molecule has 2 nitrogen and oxygen atoms in total. The molecule has 0 bridgehead atoms. The third-order valence-electron chi connectivity index (χ3n) is 3.48. The molecule has 78 valence electrons. The van der Waals surface area contributed by atoms with Crippen molar-refractivity contribution in [3.63, 3.8) is 0 Å². The van der Waals surface area contributed by atoms with Crippen molar-refractivity contribution in [1.29, 1.82) is 0 Å². The van der Waals surface area contributed by atoms with E-state index in [1.807, 2.05) is 0 Å². The van der Waals surface area contributed by atoms with E-state index in [0.717, 1.165) is 13.1 Å². The minimum Gasteiger partial charge on any atom is -0.330 e. The number of hydrogen-bond acceptors (Lipinski definition) is 2. The van der Waals surface area contributed by atoms with Gasteiger partial charge in [0.1, 0.15) is 0 Å². The monoisotopic (exact) mass is 184 g/mol. The fourth-order valence-corrected chi connectivity index (χ4v) is 1.76. The fourth-order valence-electron chi connectivity index (χ4n) is 1.76. The largest absolute Gasteiger partial charge is 0.330 e. The maximum atomic E-state index is 5.70. The molecule has 1 fully saturated rings.